The number of nitrogens with zero attached hydrogens (tertiary/aromatic N) is 2. The zero-order chi connectivity index (χ0) is 8.55. The van der Waals surface area contributed by atoms with Crippen LogP contribution in [0.5, 0.6) is 0 Å². The molecule has 62 valence electrons. The van der Waals surface area contributed by atoms with Crippen molar-refractivity contribution in [3.05, 3.63) is 22.7 Å². The molecule has 0 radical (unpaired) electrons. The normalized spacial score (nSPS) is 16.1. The van der Waals surface area contributed by atoms with E-state index in [2.05, 4.69) is 25.9 Å². The van der Waals surface area contributed by atoms with Crippen molar-refractivity contribution in [1.29, 1.82) is 0 Å². The van der Waals surface area contributed by atoms with E-state index >= 15 is 0 Å². The quantitative estimate of drug-likeness (QED) is 0.724. The molecule has 0 aliphatic heterocycles. The molecule has 0 N–H and O–H groups in total. The standard InChI is InChI=1S/C8H7BrN2O/c9-6-3-10-4-11-7(6)8(12)5-1-2-5/h3-5H,1-2H2. The van der Waals surface area contributed by atoms with Crippen LogP contribution in [-0.4, -0.2) is 15.8 Å². The molecule has 1 aliphatic rings. The van der Waals surface area contributed by atoms with E-state index in [4.69, 9.17) is 0 Å². The predicted molar refractivity (Wildman–Crippen MR) is 46.8 cm³/mol. The molecule has 1 aliphatic carbocycles. The number of Topliss-reactive ketones (excluding diaryl/α,β-unsaturated/α-hetero) is 1. The molecular weight excluding hydrogens is 220 g/mol. The van der Waals surface area contributed by atoms with Crippen LogP contribution >= 0.6 is 15.9 Å². The van der Waals surface area contributed by atoms with Gasteiger partial charge in [0.2, 0.25) is 0 Å². The van der Waals surface area contributed by atoms with Crippen molar-refractivity contribution in [2.24, 2.45) is 5.92 Å². The molecule has 0 saturated heterocycles. The maximum Gasteiger partial charge on any atom is 0.185 e. The van der Waals surface area contributed by atoms with Crippen molar-refractivity contribution in [2.45, 2.75) is 12.8 Å². The van der Waals surface area contributed by atoms with Crippen LogP contribution in [0.1, 0.15) is 23.3 Å². The van der Waals surface area contributed by atoms with Crippen molar-refractivity contribution in [3.63, 3.8) is 0 Å². The van der Waals surface area contributed by atoms with Gasteiger partial charge in [0.15, 0.2) is 5.78 Å². The lowest BCUT2D eigenvalue weighted by Crippen LogP contribution is -2.05. The molecule has 0 amide bonds. The topological polar surface area (TPSA) is 42.9 Å². The number of halogens is 1. The van der Waals surface area contributed by atoms with E-state index in [0.29, 0.717) is 10.2 Å². The number of hydrogen-bond donors (Lipinski definition) is 0. The fraction of sp³-hybridized carbons (Fsp3) is 0.375. The van der Waals surface area contributed by atoms with Crippen LogP contribution in [0, 0.1) is 5.92 Å². The second kappa shape index (κ2) is 2.94. The minimum Gasteiger partial charge on any atom is -0.292 e. The molecule has 0 unspecified atom stereocenters. The fourth-order valence-corrected chi connectivity index (χ4v) is 1.45. The lowest BCUT2D eigenvalue weighted by atomic mass is 10.2. The van der Waals surface area contributed by atoms with Gasteiger partial charge in [-0.15, -0.1) is 0 Å². The summed E-state index contributed by atoms with van der Waals surface area (Å²) in [6.07, 6.45) is 5.02. The second-order valence-corrected chi connectivity index (χ2v) is 3.71. The zero-order valence-corrected chi connectivity index (χ0v) is 7.91. The lowest BCUT2D eigenvalue weighted by molar-refractivity contribution is 0.0961. The highest BCUT2D eigenvalue weighted by molar-refractivity contribution is 9.10. The highest BCUT2D eigenvalue weighted by Crippen LogP contribution is 2.33. The first kappa shape index (κ1) is 7.86. The molecular formula is C8H7BrN2O. The van der Waals surface area contributed by atoms with Crippen LogP contribution < -0.4 is 0 Å². The third-order valence-corrected chi connectivity index (χ3v) is 2.43. The summed E-state index contributed by atoms with van der Waals surface area (Å²) in [6, 6.07) is 0. The molecule has 0 bridgehead atoms. The SMILES string of the molecule is O=C(c1ncncc1Br)C1CC1. The Balaban J connectivity index is 2.32. The fourth-order valence-electron chi connectivity index (χ4n) is 1.03. The first-order chi connectivity index (χ1) is 5.79. The van der Waals surface area contributed by atoms with E-state index in [-0.39, 0.29) is 11.7 Å². The summed E-state index contributed by atoms with van der Waals surface area (Å²) < 4.78 is 0.696. The Bertz CT molecular complexity index is 323. The van der Waals surface area contributed by atoms with Crippen molar-refractivity contribution >= 4 is 21.7 Å². The second-order valence-electron chi connectivity index (χ2n) is 2.86. The molecule has 0 atom stereocenters. The predicted octanol–water partition coefficient (Wildman–Crippen LogP) is 1.83. The molecule has 12 heavy (non-hydrogen) atoms. The highest BCUT2D eigenvalue weighted by atomic mass is 79.9. The minimum absolute atomic E-state index is 0.143. The molecule has 0 spiro atoms. The Kier molecular flexibility index (Phi) is 1.92. The van der Waals surface area contributed by atoms with E-state index in [1.807, 2.05) is 0 Å². The Morgan fingerprint density at radius 2 is 2.33 bits per heavy atom. The number of ketones is 1. The van der Waals surface area contributed by atoms with Crippen LogP contribution in [-0.2, 0) is 0 Å². The molecule has 1 fully saturated rings. The van der Waals surface area contributed by atoms with Gasteiger partial charge in [-0.1, -0.05) is 0 Å². The number of carbonyl (C=O) groups is 1. The van der Waals surface area contributed by atoms with Crippen LogP contribution in [0.15, 0.2) is 17.0 Å². The summed E-state index contributed by atoms with van der Waals surface area (Å²) in [6.45, 7) is 0. The first-order valence-electron chi connectivity index (χ1n) is 3.79. The lowest BCUT2D eigenvalue weighted by Gasteiger charge is -1.98. The van der Waals surface area contributed by atoms with Gasteiger partial charge in [-0.25, -0.2) is 9.97 Å². The van der Waals surface area contributed by atoms with Gasteiger partial charge in [-0.3, -0.25) is 4.79 Å². The van der Waals surface area contributed by atoms with Crippen LogP contribution in [0.4, 0.5) is 0 Å². The number of aromatic nitrogens is 2. The van der Waals surface area contributed by atoms with Crippen molar-refractivity contribution < 1.29 is 4.79 Å². The zero-order valence-electron chi connectivity index (χ0n) is 6.33. The molecule has 1 aromatic heterocycles. The third-order valence-electron chi connectivity index (χ3n) is 1.85. The molecule has 2 rings (SSSR count). The van der Waals surface area contributed by atoms with Gasteiger partial charge < -0.3 is 0 Å². The third kappa shape index (κ3) is 1.39. The minimum atomic E-state index is 0.143. The summed E-state index contributed by atoms with van der Waals surface area (Å²) in [5, 5.41) is 0. The molecule has 4 heteroatoms. The summed E-state index contributed by atoms with van der Waals surface area (Å²) in [5.41, 5.74) is 0.521. The summed E-state index contributed by atoms with van der Waals surface area (Å²) >= 11 is 3.25. The number of hydrogen-bond acceptors (Lipinski definition) is 3. The van der Waals surface area contributed by atoms with Crippen molar-refractivity contribution in [1.82, 2.24) is 9.97 Å². The summed E-state index contributed by atoms with van der Waals surface area (Å²) in [4.78, 5) is 19.2. The van der Waals surface area contributed by atoms with Gasteiger partial charge in [0.25, 0.3) is 0 Å². The summed E-state index contributed by atoms with van der Waals surface area (Å²) in [5.74, 6) is 0.362. The number of rotatable bonds is 2. The van der Waals surface area contributed by atoms with E-state index < -0.39 is 0 Å². The largest absolute Gasteiger partial charge is 0.292 e. The average molecular weight is 227 g/mol. The Morgan fingerprint density at radius 3 is 2.92 bits per heavy atom. The van der Waals surface area contributed by atoms with E-state index in [9.17, 15) is 4.79 Å². The van der Waals surface area contributed by atoms with Gasteiger partial charge in [0.05, 0.1) is 4.47 Å². The van der Waals surface area contributed by atoms with Crippen LogP contribution in [0.3, 0.4) is 0 Å². The van der Waals surface area contributed by atoms with E-state index in [1.54, 1.807) is 6.20 Å². The molecule has 3 nitrogen and oxygen atoms in total. The highest BCUT2D eigenvalue weighted by Gasteiger charge is 2.32. The van der Waals surface area contributed by atoms with E-state index in [0.717, 1.165) is 12.8 Å². The smallest absolute Gasteiger partial charge is 0.185 e. The Morgan fingerprint density at radius 1 is 1.58 bits per heavy atom. The van der Waals surface area contributed by atoms with Gasteiger partial charge in [0, 0.05) is 12.1 Å². The van der Waals surface area contributed by atoms with Gasteiger partial charge >= 0.3 is 0 Å². The van der Waals surface area contributed by atoms with Crippen LogP contribution in [0.25, 0.3) is 0 Å². The molecule has 1 heterocycles. The average Bonchev–Trinajstić information content (AvgIpc) is 2.86. The first-order valence-corrected chi connectivity index (χ1v) is 4.58. The molecule has 1 aromatic rings. The van der Waals surface area contributed by atoms with Crippen LogP contribution in [0.2, 0.25) is 0 Å². The molecule has 0 aromatic carbocycles. The van der Waals surface area contributed by atoms with E-state index in [1.165, 1.54) is 6.33 Å². The number of carbonyl (C=O) groups excluding carboxylic acids is 1. The Labute approximate surface area is 78.4 Å². The van der Waals surface area contributed by atoms with Gasteiger partial charge in [0.1, 0.15) is 12.0 Å². The maximum atomic E-state index is 11.5. The van der Waals surface area contributed by atoms with Crippen molar-refractivity contribution in [2.75, 3.05) is 0 Å². The maximum absolute atomic E-state index is 11.5. The van der Waals surface area contributed by atoms with Crippen molar-refractivity contribution in [3.8, 4) is 0 Å². The van der Waals surface area contributed by atoms with Gasteiger partial charge in [-0.05, 0) is 28.8 Å². The monoisotopic (exact) mass is 226 g/mol. The summed E-state index contributed by atoms with van der Waals surface area (Å²) in [7, 11) is 0. The van der Waals surface area contributed by atoms with Gasteiger partial charge in [-0.2, -0.15) is 0 Å². The Hall–Kier alpha value is -0.770. The molecule has 1 saturated carbocycles.